The first kappa shape index (κ1) is 46.5. The highest BCUT2D eigenvalue weighted by Gasteiger charge is 2.28. The molecule has 1 heterocycles. The molecule has 0 fully saturated rings. The van der Waals surface area contributed by atoms with Crippen molar-refractivity contribution < 1.29 is 0 Å². The van der Waals surface area contributed by atoms with Crippen molar-refractivity contribution in [1.29, 1.82) is 0 Å². The Bertz CT molecular complexity index is 3600. The van der Waals surface area contributed by atoms with Gasteiger partial charge in [0.25, 0.3) is 0 Å². The van der Waals surface area contributed by atoms with E-state index in [4.69, 9.17) is 15.0 Å². The standard InChI is InChI=1S/C47H48B17N3/c48-28-21(19-20-22(37(57)41(61)31(19)51)38(58)44(64)43(63)32(20)52)33(53)34(54)24-23(28)35(55)36(56)25(29(24)49)26-30(50)27(40(60)42(62)39(26)59)47-66-45(16-11-5-2-6-12-16)65-46(67-47)18-14-8-7-13-17(18)15-9-3-1-4-10-15/h1-14H,48-64H2. The minimum absolute atomic E-state index is 0.663. The van der Waals surface area contributed by atoms with Crippen molar-refractivity contribution in [3.05, 3.63) is 84.9 Å². The molecule has 0 spiro atoms. The topological polar surface area (TPSA) is 38.7 Å². The van der Waals surface area contributed by atoms with Crippen molar-refractivity contribution in [3.63, 3.8) is 0 Å². The lowest BCUT2D eigenvalue weighted by Crippen LogP contribution is -2.53. The molecule has 0 aliphatic heterocycles. The lowest BCUT2D eigenvalue weighted by atomic mass is 9.55. The maximum absolute atomic E-state index is 5.44. The number of benzene rings is 8. The van der Waals surface area contributed by atoms with E-state index in [1.807, 2.05) is 6.07 Å². The molecule has 67 heavy (non-hydrogen) atoms. The molecule has 0 aliphatic rings. The van der Waals surface area contributed by atoms with Gasteiger partial charge in [0.15, 0.2) is 17.5 Å². The van der Waals surface area contributed by atoms with Crippen molar-refractivity contribution in [2.75, 3.05) is 0 Å². The summed E-state index contributed by atoms with van der Waals surface area (Å²) in [6.45, 7) is 0. The number of fused-ring (bicyclic) bond motifs is 2. The predicted molar refractivity (Wildman–Crippen MR) is 346 cm³/mol. The van der Waals surface area contributed by atoms with Crippen LogP contribution in [0.15, 0.2) is 84.9 Å². The monoisotopic (exact) mass is 842 g/mol. The number of aromatic nitrogens is 3. The van der Waals surface area contributed by atoms with Crippen LogP contribution in [0.2, 0.25) is 0 Å². The summed E-state index contributed by atoms with van der Waals surface area (Å²) in [6.07, 6.45) is 0. The van der Waals surface area contributed by atoms with E-state index in [2.05, 4.69) is 212 Å². The zero-order chi connectivity index (χ0) is 48.1. The highest BCUT2D eigenvalue weighted by atomic mass is 15.0. The smallest absolute Gasteiger partial charge is 0.164 e. The molecule has 0 saturated carbocycles. The number of hydrogen-bond donors (Lipinski definition) is 0. The summed E-state index contributed by atoms with van der Waals surface area (Å²) in [4.78, 5) is 16.0. The van der Waals surface area contributed by atoms with Crippen molar-refractivity contribution >= 4 is 248 Å². The first-order chi connectivity index (χ1) is 31.9. The van der Waals surface area contributed by atoms with Gasteiger partial charge in [0.05, 0.1) is 0 Å². The Morgan fingerprint density at radius 1 is 0.209 bits per heavy atom. The van der Waals surface area contributed by atoms with Crippen LogP contribution in [0.25, 0.3) is 89.1 Å². The molecule has 302 valence electrons. The molecular weight excluding hydrogens is 790 g/mol. The number of rotatable bonds is 6. The molecule has 0 bridgehead atoms. The molecule has 0 radical (unpaired) electrons. The Morgan fingerprint density at radius 2 is 0.537 bits per heavy atom. The SMILES string of the molecule is Bc1c(B)c(-c2nc(-c3ccccc3)nc(-c3ccccc3-c3ccccc3)n2)c(B)c(-c2c(B)c(B)c3c(B)c(-c4c(B)c(B)c(B)c5c(B)c(B)c(B)c(B)c45)c(B)c(B)c3c2B)c1B. The van der Waals surface area contributed by atoms with Crippen LogP contribution in [0, 0.1) is 0 Å². The van der Waals surface area contributed by atoms with E-state index in [0.717, 1.165) is 27.8 Å². The highest BCUT2D eigenvalue weighted by Crippen LogP contribution is 2.32. The van der Waals surface area contributed by atoms with Gasteiger partial charge in [0, 0.05) is 16.7 Å². The van der Waals surface area contributed by atoms with Gasteiger partial charge in [-0.25, -0.2) is 15.0 Å². The third kappa shape index (κ3) is 7.18. The summed E-state index contributed by atoms with van der Waals surface area (Å²) in [5.74, 6) is 2.02. The van der Waals surface area contributed by atoms with E-state index in [0.29, 0.717) is 17.5 Å². The lowest BCUT2D eigenvalue weighted by molar-refractivity contribution is 1.08. The van der Waals surface area contributed by atoms with Gasteiger partial charge in [-0.15, -0.1) is 21.9 Å². The van der Waals surface area contributed by atoms with Crippen molar-refractivity contribution in [1.82, 2.24) is 15.0 Å². The van der Waals surface area contributed by atoms with Crippen LogP contribution in [-0.2, 0) is 0 Å². The summed E-state index contributed by atoms with van der Waals surface area (Å²) in [6, 6.07) is 29.3. The molecule has 0 N–H and O–H groups in total. The van der Waals surface area contributed by atoms with Gasteiger partial charge in [-0.2, -0.15) is 0 Å². The van der Waals surface area contributed by atoms with Gasteiger partial charge < -0.3 is 0 Å². The normalized spacial score (nSPS) is 11.4. The zero-order valence-electron chi connectivity index (χ0n) is 42.9. The molecule has 0 unspecified atom stereocenters. The summed E-state index contributed by atoms with van der Waals surface area (Å²) in [5, 5.41) is 5.59. The minimum atomic E-state index is 0.663. The van der Waals surface area contributed by atoms with Crippen LogP contribution in [-0.4, -0.2) is 148 Å². The van der Waals surface area contributed by atoms with E-state index in [9.17, 15) is 0 Å². The molecule has 0 amide bonds. The quantitative estimate of drug-likeness (QED) is 0.157. The van der Waals surface area contributed by atoms with Crippen LogP contribution in [0.4, 0.5) is 0 Å². The zero-order valence-corrected chi connectivity index (χ0v) is 42.9. The molecule has 9 rings (SSSR count). The summed E-state index contributed by atoms with van der Waals surface area (Å²) in [5.41, 5.74) is 33.4. The Balaban J connectivity index is 1.33. The largest absolute Gasteiger partial charge is 0.208 e. The van der Waals surface area contributed by atoms with Crippen molar-refractivity contribution in [3.8, 4) is 67.5 Å². The number of nitrogens with zero attached hydrogens (tertiary/aromatic N) is 3. The predicted octanol–water partition coefficient (Wildman–Crippen LogP) is -17.4. The fraction of sp³-hybridized carbons (Fsp3) is 0. The molecule has 0 saturated heterocycles. The van der Waals surface area contributed by atoms with Crippen LogP contribution >= 0.6 is 0 Å². The van der Waals surface area contributed by atoms with Crippen molar-refractivity contribution in [2.45, 2.75) is 0 Å². The van der Waals surface area contributed by atoms with Crippen molar-refractivity contribution in [2.24, 2.45) is 0 Å². The average Bonchev–Trinajstić information content (AvgIpc) is 3.33. The third-order valence-corrected chi connectivity index (χ3v) is 16.5. The second-order valence-corrected chi connectivity index (χ2v) is 19.6. The van der Waals surface area contributed by atoms with E-state index in [-0.39, 0.29) is 0 Å². The number of hydrogen-bond acceptors (Lipinski definition) is 3. The maximum Gasteiger partial charge on any atom is 0.164 e. The minimum Gasteiger partial charge on any atom is -0.208 e. The summed E-state index contributed by atoms with van der Waals surface area (Å²) >= 11 is 0. The van der Waals surface area contributed by atoms with Gasteiger partial charge in [-0.05, 0) is 54.9 Å². The molecule has 20 heteroatoms. The average molecular weight is 839 g/mol. The molecule has 3 nitrogen and oxygen atoms in total. The van der Waals surface area contributed by atoms with Gasteiger partial charge in [-0.1, -0.05) is 156 Å². The Kier molecular flexibility index (Phi) is 12.1. The van der Waals surface area contributed by atoms with E-state index in [1.54, 1.807) is 0 Å². The molecule has 1 aromatic heterocycles. The van der Waals surface area contributed by atoms with Gasteiger partial charge in [0.2, 0.25) is 0 Å². The van der Waals surface area contributed by atoms with E-state index in [1.165, 1.54) is 137 Å². The Hall–Kier alpha value is -5.61. The maximum atomic E-state index is 5.44. The fourth-order valence-corrected chi connectivity index (χ4v) is 11.8. The van der Waals surface area contributed by atoms with Gasteiger partial charge in [0.1, 0.15) is 133 Å². The Morgan fingerprint density at radius 3 is 1.09 bits per heavy atom. The second-order valence-electron chi connectivity index (χ2n) is 19.6. The first-order valence-corrected chi connectivity index (χ1v) is 24.0. The van der Waals surface area contributed by atoms with Crippen LogP contribution < -0.4 is 92.9 Å². The lowest BCUT2D eigenvalue weighted by Gasteiger charge is -2.30. The van der Waals surface area contributed by atoms with Gasteiger partial charge in [-0.3, -0.25) is 0 Å². The van der Waals surface area contributed by atoms with E-state index < -0.39 is 0 Å². The molecule has 0 atom stereocenters. The molecule has 8 aromatic carbocycles. The first-order valence-electron chi connectivity index (χ1n) is 24.0. The van der Waals surface area contributed by atoms with Gasteiger partial charge >= 0.3 is 0 Å². The fourth-order valence-electron chi connectivity index (χ4n) is 11.8. The molecular formula is C47H48B17N3. The van der Waals surface area contributed by atoms with Crippen LogP contribution in [0.3, 0.4) is 0 Å². The molecule has 0 aliphatic carbocycles. The third-order valence-electron chi connectivity index (χ3n) is 16.5. The Labute approximate surface area is 412 Å². The molecule has 9 aromatic rings. The highest BCUT2D eigenvalue weighted by molar-refractivity contribution is 6.74. The van der Waals surface area contributed by atoms with Crippen LogP contribution in [0.5, 0.6) is 0 Å². The second kappa shape index (κ2) is 17.5. The summed E-state index contributed by atoms with van der Waals surface area (Å²) in [7, 11) is 39.6. The van der Waals surface area contributed by atoms with E-state index >= 15 is 0 Å². The summed E-state index contributed by atoms with van der Waals surface area (Å²) < 4.78 is 0. The van der Waals surface area contributed by atoms with Crippen LogP contribution in [0.1, 0.15) is 0 Å².